The van der Waals surface area contributed by atoms with E-state index >= 15 is 0 Å². The quantitative estimate of drug-likeness (QED) is 0.716. The van der Waals surface area contributed by atoms with Crippen molar-refractivity contribution < 1.29 is 0 Å². The lowest BCUT2D eigenvalue weighted by molar-refractivity contribution is 0.770. The number of rotatable bonds is 2. The van der Waals surface area contributed by atoms with Crippen LogP contribution in [0.15, 0.2) is 41.9 Å². The molecular formula is C14H10N4S. The lowest BCUT2D eigenvalue weighted by Gasteiger charge is -1.95. The summed E-state index contributed by atoms with van der Waals surface area (Å²) in [6.45, 7) is 0. The molecule has 2 heterocycles. The lowest BCUT2D eigenvalue weighted by atomic mass is 10.1. The van der Waals surface area contributed by atoms with E-state index in [-0.39, 0.29) is 0 Å². The van der Waals surface area contributed by atoms with Gasteiger partial charge in [-0.1, -0.05) is 12.1 Å². The summed E-state index contributed by atoms with van der Waals surface area (Å²) < 4.78 is 1.76. The second-order valence-electron chi connectivity index (χ2n) is 4.10. The van der Waals surface area contributed by atoms with Crippen molar-refractivity contribution in [3.8, 4) is 28.0 Å². The number of aromatic nitrogens is 3. The lowest BCUT2D eigenvalue weighted by Crippen LogP contribution is -1.87. The van der Waals surface area contributed by atoms with Gasteiger partial charge in [0.15, 0.2) is 0 Å². The van der Waals surface area contributed by atoms with Crippen LogP contribution in [-0.2, 0) is 7.05 Å². The van der Waals surface area contributed by atoms with Crippen molar-refractivity contribution >= 4 is 11.3 Å². The Morgan fingerprint density at radius 1 is 1.16 bits per heavy atom. The Morgan fingerprint density at radius 3 is 2.58 bits per heavy atom. The van der Waals surface area contributed by atoms with Crippen LogP contribution < -0.4 is 0 Å². The second-order valence-corrected chi connectivity index (χ2v) is 4.96. The Balaban J connectivity index is 1.94. The van der Waals surface area contributed by atoms with Crippen molar-refractivity contribution in [2.75, 3.05) is 0 Å². The van der Waals surface area contributed by atoms with Crippen molar-refractivity contribution in [2.45, 2.75) is 0 Å². The van der Waals surface area contributed by atoms with Crippen LogP contribution in [0.4, 0.5) is 0 Å². The summed E-state index contributed by atoms with van der Waals surface area (Å²) in [6, 6.07) is 11.5. The smallest absolute Gasteiger partial charge is 0.144 e. The molecule has 0 radical (unpaired) electrons. The van der Waals surface area contributed by atoms with Gasteiger partial charge in [0.1, 0.15) is 10.7 Å². The molecule has 0 atom stereocenters. The molecule has 0 spiro atoms. The zero-order valence-electron chi connectivity index (χ0n) is 10.2. The molecule has 3 rings (SSSR count). The van der Waals surface area contributed by atoms with Gasteiger partial charge in [0.25, 0.3) is 0 Å². The molecule has 5 heteroatoms. The monoisotopic (exact) mass is 266 g/mol. The van der Waals surface area contributed by atoms with Gasteiger partial charge < -0.3 is 0 Å². The van der Waals surface area contributed by atoms with E-state index in [1.807, 2.05) is 36.8 Å². The number of aryl methyl sites for hydroxylation is 1. The van der Waals surface area contributed by atoms with Crippen molar-refractivity contribution in [3.63, 3.8) is 0 Å². The highest BCUT2D eigenvalue weighted by Crippen LogP contribution is 2.27. The van der Waals surface area contributed by atoms with Gasteiger partial charge in [-0.25, -0.2) is 4.98 Å². The first-order valence-electron chi connectivity index (χ1n) is 5.72. The minimum Gasteiger partial charge on any atom is -0.275 e. The first kappa shape index (κ1) is 11.6. The Kier molecular flexibility index (Phi) is 2.86. The molecule has 3 aromatic rings. The van der Waals surface area contributed by atoms with Crippen LogP contribution in [0.5, 0.6) is 0 Å². The van der Waals surface area contributed by atoms with Crippen LogP contribution in [0.25, 0.3) is 22.0 Å². The van der Waals surface area contributed by atoms with Crippen LogP contribution in [0.1, 0.15) is 5.56 Å². The van der Waals surface area contributed by atoms with E-state index in [4.69, 9.17) is 5.26 Å². The summed E-state index contributed by atoms with van der Waals surface area (Å²) in [7, 11) is 1.89. The molecule has 0 aliphatic rings. The summed E-state index contributed by atoms with van der Waals surface area (Å²) in [4.78, 5) is 4.58. The number of hydrogen-bond donors (Lipinski definition) is 0. The first-order chi connectivity index (χ1) is 9.26. The third-order valence-corrected chi connectivity index (χ3v) is 3.61. The highest BCUT2D eigenvalue weighted by atomic mass is 32.1. The van der Waals surface area contributed by atoms with Gasteiger partial charge in [0.05, 0.1) is 17.3 Å². The number of benzene rings is 1. The number of nitrogens with zero attached hydrogens (tertiary/aromatic N) is 4. The van der Waals surface area contributed by atoms with E-state index in [2.05, 4.69) is 16.2 Å². The molecule has 2 aromatic heterocycles. The maximum atomic E-state index is 8.78. The Bertz CT molecular complexity index is 746. The molecule has 1 aromatic carbocycles. The van der Waals surface area contributed by atoms with E-state index in [0.29, 0.717) is 5.56 Å². The van der Waals surface area contributed by atoms with E-state index in [9.17, 15) is 0 Å². The van der Waals surface area contributed by atoms with Gasteiger partial charge >= 0.3 is 0 Å². The second kappa shape index (κ2) is 4.67. The molecule has 92 valence electrons. The van der Waals surface area contributed by atoms with E-state index in [0.717, 1.165) is 22.0 Å². The van der Waals surface area contributed by atoms with Crippen LogP contribution in [-0.4, -0.2) is 14.8 Å². The van der Waals surface area contributed by atoms with Crippen molar-refractivity contribution in [3.05, 3.63) is 47.5 Å². The van der Waals surface area contributed by atoms with Crippen LogP contribution in [0, 0.1) is 11.3 Å². The third kappa shape index (κ3) is 2.26. The summed E-state index contributed by atoms with van der Waals surface area (Å²) >= 11 is 1.57. The van der Waals surface area contributed by atoms with Gasteiger partial charge in [-0.05, 0) is 18.2 Å². The maximum absolute atomic E-state index is 8.78. The molecule has 0 fully saturated rings. The molecule has 4 nitrogen and oxygen atoms in total. The van der Waals surface area contributed by atoms with Crippen LogP contribution in [0.3, 0.4) is 0 Å². The fraction of sp³-hybridized carbons (Fsp3) is 0.0714. The number of hydrogen-bond acceptors (Lipinski definition) is 4. The minimum absolute atomic E-state index is 0.656. The molecule has 0 bridgehead atoms. The van der Waals surface area contributed by atoms with Crippen molar-refractivity contribution in [1.29, 1.82) is 5.26 Å². The number of thiazole rings is 1. The van der Waals surface area contributed by atoms with Crippen molar-refractivity contribution in [1.82, 2.24) is 14.8 Å². The average molecular weight is 266 g/mol. The van der Waals surface area contributed by atoms with Crippen LogP contribution >= 0.6 is 11.3 Å². The van der Waals surface area contributed by atoms with Gasteiger partial charge in [-0.15, -0.1) is 11.3 Å². The Hall–Kier alpha value is -2.45. The first-order valence-corrected chi connectivity index (χ1v) is 6.60. The largest absolute Gasteiger partial charge is 0.275 e. The summed E-state index contributed by atoms with van der Waals surface area (Å²) in [5.74, 6) is 0. The zero-order valence-corrected chi connectivity index (χ0v) is 11.1. The molecule has 0 aliphatic heterocycles. The summed E-state index contributed by atoms with van der Waals surface area (Å²) in [6.07, 6.45) is 1.90. The molecule has 0 saturated carbocycles. The summed E-state index contributed by atoms with van der Waals surface area (Å²) in [5, 5.41) is 16.0. The SMILES string of the molecule is Cn1ccc(-c2nc(-c3ccc(C#N)cc3)cs2)n1. The molecule has 0 saturated heterocycles. The Labute approximate surface area is 114 Å². The standard InChI is InChI=1S/C14H10N4S/c1-18-7-6-12(17-18)14-16-13(9-19-14)11-4-2-10(8-15)3-5-11/h2-7,9H,1H3. The maximum Gasteiger partial charge on any atom is 0.144 e. The van der Waals surface area contributed by atoms with Crippen molar-refractivity contribution in [2.24, 2.45) is 7.05 Å². The molecule has 0 N–H and O–H groups in total. The van der Waals surface area contributed by atoms with E-state index in [1.54, 1.807) is 28.2 Å². The molecule has 0 amide bonds. The average Bonchev–Trinajstić information content (AvgIpc) is 3.07. The molecule has 0 unspecified atom stereocenters. The highest BCUT2D eigenvalue weighted by Gasteiger charge is 2.08. The van der Waals surface area contributed by atoms with Gasteiger partial charge in [0, 0.05) is 24.2 Å². The zero-order chi connectivity index (χ0) is 13.2. The predicted octanol–water partition coefficient (Wildman–Crippen LogP) is 3.08. The van der Waals surface area contributed by atoms with E-state index in [1.165, 1.54) is 0 Å². The van der Waals surface area contributed by atoms with Gasteiger partial charge in [0.2, 0.25) is 0 Å². The fourth-order valence-corrected chi connectivity index (χ4v) is 2.56. The van der Waals surface area contributed by atoms with E-state index < -0.39 is 0 Å². The van der Waals surface area contributed by atoms with Gasteiger partial charge in [-0.2, -0.15) is 10.4 Å². The third-order valence-electron chi connectivity index (χ3n) is 2.75. The molecule has 19 heavy (non-hydrogen) atoms. The highest BCUT2D eigenvalue weighted by molar-refractivity contribution is 7.13. The fourth-order valence-electron chi connectivity index (χ4n) is 1.77. The predicted molar refractivity (Wildman–Crippen MR) is 74.5 cm³/mol. The topological polar surface area (TPSA) is 54.5 Å². The Morgan fingerprint density at radius 2 is 1.95 bits per heavy atom. The van der Waals surface area contributed by atoms with Crippen LogP contribution in [0.2, 0.25) is 0 Å². The van der Waals surface area contributed by atoms with Gasteiger partial charge in [-0.3, -0.25) is 4.68 Å². The molecular weight excluding hydrogens is 256 g/mol. The number of nitriles is 1. The molecule has 0 aliphatic carbocycles. The normalized spacial score (nSPS) is 10.3. The summed E-state index contributed by atoms with van der Waals surface area (Å²) in [5.41, 5.74) is 3.46. The minimum atomic E-state index is 0.656.